The van der Waals surface area contributed by atoms with E-state index in [9.17, 15) is 13.2 Å². The molecule has 0 aromatic heterocycles. The molecule has 1 amide bonds. The van der Waals surface area contributed by atoms with Gasteiger partial charge in [0.25, 0.3) is 0 Å². The Morgan fingerprint density at radius 1 is 1.08 bits per heavy atom. The molecule has 0 atom stereocenters. The molecule has 25 heavy (non-hydrogen) atoms. The third-order valence-electron chi connectivity index (χ3n) is 3.81. The molecule has 0 fully saturated rings. The predicted molar refractivity (Wildman–Crippen MR) is 97.3 cm³/mol. The van der Waals surface area contributed by atoms with Crippen LogP contribution < -0.4 is 14.8 Å². The highest BCUT2D eigenvalue weighted by Gasteiger charge is 2.15. The number of methoxy groups -OCH3 is 1. The van der Waals surface area contributed by atoms with E-state index < -0.39 is 10.0 Å². The summed E-state index contributed by atoms with van der Waals surface area (Å²) in [5.41, 5.74) is 2.47. The summed E-state index contributed by atoms with van der Waals surface area (Å²) in [5.74, 6) is 0.249. The second-order valence-electron chi connectivity index (χ2n) is 5.64. The van der Waals surface area contributed by atoms with Crippen LogP contribution in [0.5, 0.6) is 5.75 Å². The van der Waals surface area contributed by atoms with Crippen LogP contribution >= 0.6 is 0 Å². The van der Waals surface area contributed by atoms with E-state index in [1.807, 2.05) is 13.8 Å². The lowest BCUT2D eigenvalue weighted by Crippen LogP contribution is -2.28. The zero-order chi connectivity index (χ0) is 18.4. The van der Waals surface area contributed by atoms with E-state index in [-0.39, 0.29) is 23.8 Å². The minimum Gasteiger partial charge on any atom is -0.495 e. The highest BCUT2D eigenvalue weighted by atomic mass is 32.2. The van der Waals surface area contributed by atoms with Crippen molar-refractivity contribution in [2.75, 3.05) is 19.0 Å². The zero-order valence-electron chi connectivity index (χ0n) is 14.5. The number of hydrogen-bond acceptors (Lipinski definition) is 4. The van der Waals surface area contributed by atoms with E-state index in [0.29, 0.717) is 11.4 Å². The lowest BCUT2D eigenvalue weighted by molar-refractivity contribution is -0.116. The Kier molecular flexibility index (Phi) is 6.17. The summed E-state index contributed by atoms with van der Waals surface area (Å²) in [6.07, 6.45) is 0.0160. The van der Waals surface area contributed by atoms with Gasteiger partial charge in [-0.05, 0) is 49.2 Å². The monoisotopic (exact) mass is 362 g/mol. The molecule has 0 unspecified atom stereocenters. The van der Waals surface area contributed by atoms with Crippen molar-refractivity contribution >= 4 is 21.6 Å². The number of hydrogen-bond donors (Lipinski definition) is 2. The van der Waals surface area contributed by atoms with Gasteiger partial charge in [-0.1, -0.05) is 18.2 Å². The van der Waals surface area contributed by atoms with E-state index in [1.165, 1.54) is 7.11 Å². The zero-order valence-corrected chi connectivity index (χ0v) is 15.3. The molecule has 0 bridgehead atoms. The van der Waals surface area contributed by atoms with Gasteiger partial charge < -0.3 is 10.1 Å². The number of rotatable bonds is 7. The summed E-state index contributed by atoms with van der Waals surface area (Å²) < 4.78 is 32.2. The molecule has 0 aliphatic heterocycles. The van der Waals surface area contributed by atoms with Crippen LogP contribution in [0, 0.1) is 13.8 Å². The number of sulfonamides is 1. The van der Waals surface area contributed by atoms with Crippen LogP contribution in [-0.2, 0) is 14.8 Å². The standard InChI is InChI=1S/C18H22N2O4S/c1-13-8-9-15(12-14(13)2)25(22,23)19-11-10-18(21)20-16-6-4-5-7-17(16)24-3/h4-9,12,19H,10-11H2,1-3H3,(H,20,21). The van der Waals surface area contributed by atoms with Crippen molar-refractivity contribution in [3.05, 3.63) is 53.6 Å². The van der Waals surface area contributed by atoms with Gasteiger partial charge in [0.05, 0.1) is 17.7 Å². The molecule has 0 spiro atoms. The van der Waals surface area contributed by atoms with Gasteiger partial charge in [-0.15, -0.1) is 0 Å². The van der Waals surface area contributed by atoms with Gasteiger partial charge in [-0.25, -0.2) is 13.1 Å². The minimum absolute atomic E-state index is 0.0102. The number of carbonyl (C=O) groups is 1. The lowest BCUT2D eigenvalue weighted by atomic mass is 10.1. The first kappa shape index (κ1) is 19.0. The molecular formula is C18H22N2O4S. The van der Waals surface area contributed by atoms with Gasteiger partial charge in [0.15, 0.2) is 0 Å². The number of benzene rings is 2. The second kappa shape index (κ2) is 8.13. The Labute approximate surface area is 148 Å². The fourth-order valence-corrected chi connectivity index (χ4v) is 3.34. The first-order chi connectivity index (χ1) is 11.8. The highest BCUT2D eigenvalue weighted by Crippen LogP contribution is 2.23. The van der Waals surface area contributed by atoms with Crippen molar-refractivity contribution in [3.8, 4) is 5.75 Å². The number of ether oxygens (including phenoxy) is 1. The van der Waals surface area contributed by atoms with E-state index in [2.05, 4.69) is 10.0 Å². The van der Waals surface area contributed by atoms with Crippen LogP contribution in [-0.4, -0.2) is 28.0 Å². The summed E-state index contributed by atoms with van der Waals surface area (Å²) in [4.78, 5) is 12.2. The van der Waals surface area contributed by atoms with E-state index >= 15 is 0 Å². The molecule has 0 heterocycles. The summed E-state index contributed by atoms with van der Waals surface area (Å²) in [7, 11) is -2.12. The average molecular weight is 362 g/mol. The predicted octanol–water partition coefficient (Wildman–Crippen LogP) is 2.62. The minimum atomic E-state index is -3.64. The van der Waals surface area contributed by atoms with Crippen molar-refractivity contribution in [3.63, 3.8) is 0 Å². The second-order valence-corrected chi connectivity index (χ2v) is 7.41. The SMILES string of the molecule is COc1ccccc1NC(=O)CCNS(=O)(=O)c1ccc(C)c(C)c1. The van der Waals surface area contributed by atoms with E-state index in [0.717, 1.165) is 11.1 Å². The van der Waals surface area contributed by atoms with Crippen LogP contribution in [0.4, 0.5) is 5.69 Å². The van der Waals surface area contributed by atoms with Crippen molar-refractivity contribution in [1.82, 2.24) is 4.72 Å². The van der Waals surface area contributed by atoms with Crippen molar-refractivity contribution < 1.29 is 17.9 Å². The number of aryl methyl sites for hydroxylation is 2. The molecule has 0 aliphatic rings. The quantitative estimate of drug-likeness (QED) is 0.793. The first-order valence-electron chi connectivity index (χ1n) is 7.83. The van der Waals surface area contributed by atoms with Crippen molar-refractivity contribution in [1.29, 1.82) is 0 Å². The maximum absolute atomic E-state index is 12.3. The maximum Gasteiger partial charge on any atom is 0.240 e. The van der Waals surface area contributed by atoms with Crippen LogP contribution in [0.3, 0.4) is 0 Å². The number of nitrogens with one attached hydrogen (secondary N) is 2. The Bertz CT molecular complexity index is 863. The van der Waals surface area contributed by atoms with Gasteiger partial charge in [0.1, 0.15) is 5.75 Å². The molecule has 134 valence electrons. The molecule has 0 aliphatic carbocycles. The molecule has 2 rings (SSSR count). The maximum atomic E-state index is 12.3. The molecule has 2 aromatic rings. The summed E-state index contributed by atoms with van der Waals surface area (Å²) >= 11 is 0. The molecule has 0 saturated heterocycles. The Balaban J connectivity index is 1.93. The third-order valence-corrected chi connectivity index (χ3v) is 5.27. The first-order valence-corrected chi connectivity index (χ1v) is 9.31. The van der Waals surface area contributed by atoms with Gasteiger partial charge in [0, 0.05) is 13.0 Å². The number of carbonyl (C=O) groups excluding carboxylic acids is 1. The van der Waals surface area contributed by atoms with E-state index in [1.54, 1.807) is 42.5 Å². The smallest absolute Gasteiger partial charge is 0.240 e. The fourth-order valence-electron chi connectivity index (χ4n) is 2.22. The number of para-hydroxylation sites is 2. The molecule has 7 heteroatoms. The van der Waals surface area contributed by atoms with Gasteiger partial charge >= 0.3 is 0 Å². The van der Waals surface area contributed by atoms with Crippen molar-refractivity contribution in [2.45, 2.75) is 25.2 Å². The van der Waals surface area contributed by atoms with Gasteiger partial charge in [-0.3, -0.25) is 4.79 Å². The fraction of sp³-hybridized carbons (Fsp3) is 0.278. The molecule has 0 radical (unpaired) electrons. The third kappa shape index (κ3) is 5.04. The van der Waals surface area contributed by atoms with Crippen LogP contribution in [0.15, 0.2) is 47.4 Å². The largest absolute Gasteiger partial charge is 0.495 e. The van der Waals surface area contributed by atoms with Crippen LogP contribution in [0.25, 0.3) is 0 Å². The Morgan fingerprint density at radius 3 is 2.48 bits per heavy atom. The lowest BCUT2D eigenvalue weighted by Gasteiger charge is -2.11. The molecule has 2 aromatic carbocycles. The Morgan fingerprint density at radius 2 is 1.80 bits per heavy atom. The molecule has 2 N–H and O–H groups in total. The van der Waals surface area contributed by atoms with Gasteiger partial charge in [-0.2, -0.15) is 0 Å². The topological polar surface area (TPSA) is 84.5 Å². The van der Waals surface area contributed by atoms with Gasteiger partial charge in [0.2, 0.25) is 15.9 Å². The Hall–Kier alpha value is -2.38. The highest BCUT2D eigenvalue weighted by molar-refractivity contribution is 7.89. The van der Waals surface area contributed by atoms with Crippen molar-refractivity contribution in [2.24, 2.45) is 0 Å². The van der Waals surface area contributed by atoms with E-state index in [4.69, 9.17) is 4.74 Å². The summed E-state index contributed by atoms with van der Waals surface area (Å²) in [6.45, 7) is 3.78. The summed E-state index contributed by atoms with van der Waals surface area (Å²) in [6, 6.07) is 12.0. The summed E-state index contributed by atoms with van der Waals surface area (Å²) in [5, 5.41) is 2.71. The van der Waals surface area contributed by atoms with Crippen LogP contribution in [0.2, 0.25) is 0 Å². The molecule has 6 nitrogen and oxygen atoms in total. The average Bonchev–Trinajstić information content (AvgIpc) is 2.57. The molecule has 0 saturated carbocycles. The molecular weight excluding hydrogens is 340 g/mol. The number of amides is 1. The number of anilines is 1. The normalized spacial score (nSPS) is 11.2. The van der Waals surface area contributed by atoms with Crippen LogP contribution in [0.1, 0.15) is 17.5 Å².